The van der Waals surface area contributed by atoms with Gasteiger partial charge in [-0.25, -0.2) is 4.98 Å². The lowest BCUT2D eigenvalue weighted by Gasteiger charge is -2.03. The van der Waals surface area contributed by atoms with E-state index < -0.39 is 10.8 Å². The number of carbonyl (C=O) groups is 1. The maximum atomic E-state index is 12.3. The van der Waals surface area contributed by atoms with Crippen molar-refractivity contribution in [2.24, 2.45) is 0 Å². The molecule has 8 heteroatoms. The first-order valence-corrected chi connectivity index (χ1v) is 9.31. The Morgan fingerprint density at radius 2 is 1.88 bits per heavy atom. The summed E-state index contributed by atoms with van der Waals surface area (Å²) in [5.74, 6) is -0.401. The molecule has 0 spiro atoms. The fraction of sp³-hybridized carbons (Fsp3) is 0. The van der Waals surface area contributed by atoms with Crippen molar-refractivity contribution in [2.75, 3.05) is 5.32 Å². The number of nitro groups is 1. The number of thiazole rings is 1. The topological polar surface area (TPSA) is 85.1 Å². The summed E-state index contributed by atoms with van der Waals surface area (Å²) in [7, 11) is 0. The Morgan fingerprint density at radius 3 is 2.69 bits per heavy atom. The third kappa shape index (κ3) is 3.07. The number of hydrogen-bond acceptors (Lipinski definition) is 6. The maximum absolute atomic E-state index is 12.3. The molecule has 0 radical (unpaired) electrons. The second-order valence-corrected chi connectivity index (χ2v) is 7.33. The summed E-state index contributed by atoms with van der Waals surface area (Å²) in [5.41, 5.74) is 1.77. The van der Waals surface area contributed by atoms with Crippen molar-refractivity contribution in [3.05, 3.63) is 75.0 Å². The molecule has 0 saturated carbocycles. The summed E-state index contributed by atoms with van der Waals surface area (Å²) >= 11 is 2.16. The van der Waals surface area contributed by atoms with Crippen molar-refractivity contribution >= 4 is 49.5 Å². The Bertz CT molecular complexity index is 1130. The van der Waals surface area contributed by atoms with Crippen LogP contribution in [0.15, 0.2) is 60.0 Å². The number of amides is 1. The van der Waals surface area contributed by atoms with E-state index in [0.717, 1.165) is 33.4 Å². The zero-order valence-corrected chi connectivity index (χ0v) is 14.8. The molecule has 2 aromatic carbocycles. The summed E-state index contributed by atoms with van der Waals surface area (Å²) < 4.78 is 0. The molecular weight excluding hydrogens is 370 g/mol. The lowest BCUT2D eigenvalue weighted by molar-refractivity contribution is -0.380. The third-order valence-corrected chi connectivity index (χ3v) is 5.58. The van der Waals surface area contributed by atoms with Crippen LogP contribution in [0.4, 0.5) is 10.1 Å². The monoisotopic (exact) mass is 381 g/mol. The summed E-state index contributed by atoms with van der Waals surface area (Å²) in [6.45, 7) is 0. The van der Waals surface area contributed by atoms with Crippen LogP contribution in [-0.2, 0) is 0 Å². The highest BCUT2D eigenvalue weighted by Crippen LogP contribution is 2.31. The summed E-state index contributed by atoms with van der Waals surface area (Å²) in [6, 6.07) is 16.8. The average Bonchev–Trinajstić information content (AvgIpc) is 3.31. The van der Waals surface area contributed by atoms with E-state index in [1.54, 1.807) is 0 Å². The quantitative estimate of drug-likeness (QED) is 0.390. The number of aromatic nitrogens is 1. The second-order valence-electron chi connectivity index (χ2n) is 5.41. The molecule has 0 aliphatic rings. The molecule has 1 amide bonds. The largest absolute Gasteiger partial charge is 0.324 e. The van der Waals surface area contributed by atoms with Gasteiger partial charge < -0.3 is 0 Å². The smallest absolute Gasteiger partial charge is 0.297 e. The van der Waals surface area contributed by atoms with Crippen LogP contribution in [0.1, 0.15) is 9.67 Å². The van der Waals surface area contributed by atoms with Gasteiger partial charge in [0.15, 0.2) is 5.13 Å². The fourth-order valence-corrected chi connectivity index (χ4v) is 4.03. The van der Waals surface area contributed by atoms with E-state index in [0.29, 0.717) is 5.13 Å². The van der Waals surface area contributed by atoms with Crippen LogP contribution in [0.2, 0.25) is 0 Å². The highest BCUT2D eigenvalue weighted by molar-refractivity contribution is 7.17. The van der Waals surface area contributed by atoms with E-state index in [-0.39, 0.29) is 9.88 Å². The highest BCUT2D eigenvalue weighted by atomic mass is 32.1. The molecule has 1 N–H and O–H groups in total. The minimum atomic E-state index is -0.510. The number of thiophene rings is 1. The molecule has 4 rings (SSSR count). The number of nitrogens with zero attached hydrogens (tertiary/aromatic N) is 2. The molecule has 0 aliphatic heterocycles. The van der Waals surface area contributed by atoms with Crippen molar-refractivity contribution in [3.8, 4) is 11.3 Å². The summed E-state index contributed by atoms with van der Waals surface area (Å²) in [4.78, 5) is 27.2. The lowest BCUT2D eigenvalue weighted by Crippen LogP contribution is -2.09. The zero-order chi connectivity index (χ0) is 18.1. The Hall–Kier alpha value is -3.10. The van der Waals surface area contributed by atoms with E-state index in [4.69, 9.17) is 0 Å². The molecule has 0 unspecified atom stereocenters. The molecule has 0 fully saturated rings. The van der Waals surface area contributed by atoms with Crippen LogP contribution in [0, 0.1) is 10.1 Å². The number of hydrogen-bond donors (Lipinski definition) is 1. The van der Waals surface area contributed by atoms with Gasteiger partial charge in [0.1, 0.15) is 0 Å². The lowest BCUT2D eigenvalue weighted by atomic mass is 10.0. The predicted molar refractivity (Wildman–Crippen MR) is 104 cm³/mol. The SMILES string of the molecule is O=C(Nc1nc(-c2cccc3ccccc23)cs1)c1ccc([N+](=O)[O-])s1. The first-order valence-electron chi connectivity index (χ1n) is 7.61. The predicted octanol–water partition coefficient (Wildman–Crippen LogP) is 5.19. The van der Waals surface area contributed by atoms with Crippen molar-refractivity contribution < 1.29 is 9.72 Å². The van der Waals surface area contributed by atoms with Gasteiger partial charge in [-0.15, -0.1) is 11.3 Å². The standard InChI is InChI=1S/C18H11N3O3S2/c22-17(15-8-9-16(26-15)21(23)24)20-18-19-14(10-25-18)13-7-3-5-11-4-1-2-6-12(11)13/h1-10H,(H,19,20,22). The molecule has 2 aromatic heterocycles. The molecule has 0 atom stereocenters. The van der Waals surface area contributed by atoms with Gasteiger partial charge >= 0.3 is 5.00 Å². The van der Waals surface area contributed by atoms with Crippen molar-refractivity contribution in [1.82, 2.24) is 4.98 Å². The second kappa shape index (κ2) is 6.66. The first kappa shape index (κ1) is 16.4. The van der Waals surface area contributed by atoms with Crippen molar-refractivity contribution in [1.29, 1.82) is 0 Å². The molecule has 26 heavy (non-hydrogen) atoms. The van der Waals surface area contributed by atoms with Crippen molar-refractivity contribution in [3.63, 3.8) is 0 Å². The van der Waals surface area contributed by atoms with E-state index in [1.807, 2.05) is 47.8 Å². The normalized spacial score (nSPS) is 10.8. The molecule has 2 heterocycles. The van der Waals surface area contributed by atoms with Gasteiger partial charge in [0.25, 0.3) is 5.91 Å². The average molecular weight is 381 g/mol. The van der Waals surface area contributed by atoms with Crippen LogP contribution in [0.3, 0.4) is 0 Å². The maximum Gasteiger partial charge on any atom is 0.324 e. The molecule has 0 bridgehead atoms. The Morgan fingerprint density at radius 1 is 1.08 bits per heavy atom. The molecule has 128 valence electrons. The van der Waals surface area contributed by atoms with Gasteiger partial charge in [0.2, 0.25) is 0 Å². The van der Waals surface area contributed by atoms with Gasteiger partial charge in [0, 0.05) is 17.0 Å². The van der Waals surface area contributed by atoms with Crippen LogP contribution in [0.5, 0.6) is 0 Å². The van der Waals surface area contributed by atoms with Crippen LogP contribution in [0.25, 0.3) is 22.0 Å². The summed E-state index contributed by atoms with van der Waals surface area (Å²) in [5, 5.41) is 17.9. The number of carbonyl (C=O) groups excluding carboxylic acids is 1. The molecule has 4 aromatic rings. The number of nitrogens with one attached hydrogen (secondary N) is 1. The fourth-order valence-electron chi connectivity index (χ4n) is 2.61. The number of fused-ring (bicyclic) bond motifs is 1. The van der Waals surface area contributed by atoms with Crippen LogP contribution in [-0.4, -0.2) is 15.8 Å². The molecular formula is C18H11N3O3S2. The van der Waals surface area contributed by atoms with Crippen molar-refractivity contribution in [2.45, 2.75) is 0 Å². The number of rotatable bonds is 4. The highest BCUT2D eigenvalue weighted by Gasteiger charge is 2.17. The first-order chi connectivity index (χ1) is 12.6. The Labute approximate surface area is 155 Å². The van der Waals surface area contributed by atoms with E-state index in [1.165, 1.54) is 23.5 Å². The van der Waals surface area contributed by atoms with E-state index in [2.05, 4.69) is 10.3 Å². The number of benzene rings is 2. The van der Waals surface area contributed by atoms with Crippen LogP contribution < -0.4 is 5.32 Å². The molecule has 0 saturated heterocycles. The van der Waals surface area contributed by atoms with E-state index >= 15 is 0 Å². The molecule has 0 aliphatic carbocycles. The third-order valence-electron chi connectivity index (χ3n) is 3.79. The van der Waals surface area contributed by atoms with Crippen LogP contribution >= 0.6 is 22.7 Å². The summed E-state index contributed by atoms with van der Waals surface area (Å²) in [6.07, 6.45) is 0. The Kier molecular flexibility index (Phi) is 4.19. The van der Waals surface area contributed by atoms with Gasteiger partial charge in [-0.05, 0) is 16.8 Å². The zero-order valence-electron chi connectivity index (χ0n) is 13.2. The minimum absolute atomic E-state index is 0.0641. The molecule has 6 nitrogen and oxygen atoms in total. The number of anilines is 1. The van der Waals surface area contributed by atoms with E-state index in [9.17, 15) is 14.9 Å². The Balaban J connectivity index is 1.59. The van der Waals surface area contributed by atoms with Gasteiger partial charge in [-0.2, -0.15) is 0 Å². The van der Waals surface area contributed by atoms with Gasteiger partial charge in [-0.1, -0.05) is 53.8 Å². The van der Waals surface area contributed by atoms with Gasteiger partial charge in [-0.3, -0.25) is 20.2 Å². The van der Waals surface area contributed by atoms with Gasteiger partial charge in [0.05, 0.1) is 15.5 Å². The minimum Gasteiger partial charge on any atom is -0.297 e.